The van der Waals surface area contributed by atoms with Crippen LogP contribution in [0, 0.1) is 5.92 Å². The van der Waals surface area contributed by atoms with Crippen LogP contribution >= 0.6 is 0 Å². The van der Waals surface area contributed by atoms with Crippen LogP contribution < -0.4 is 5.32 Å². The minimum absolute atomic E-state index is 0.0822. The van der Waals surface area contributed by atoms with E-state index in [9.17, 15) is 9.59 Å². The number of nitrogens with one attached hydrogen (secondary N) is 1. The molecule has 0 aliphatic heterocycles. The van der Waals surface area contributed by atoms with E-state index < -0.39 is 5.97 Å². The van der Waals surface area contributed by atoms with Gasteiger partial charge in [-0.2, -0.15) is 0 Å². The Hall–Kier alpha value is -1.84. The van der Waals surface area contributed by atoms with Gasteiger partial charge >= 0.3 is 5.97 Å². The number of hydrogen-bond donors (Lipinski definition) is 2. The molecule has 0 heterocycles. The average molecular weight is 235 g/mol. The molecule has 1 aromatic carbocycles. The van der Waals surface area contributed by atoms with E-state index in [0.29, 0.717) is 18.0 Å². The lowest BCUT2D eigenvalue weighted by molar-refractivity contribution is -0.116. The first-order chi connectivity index (χ1) is 7.99. The number of carboxylic acid groups (broad SMARTS) is 1. The Balaban J connectivity index is 2.59. The molecule has 0 atom stereocenters. The van der Waals surface area contributed by atoms with E-state index in [1.807, 2.05) is 0 Å². The third-order valence-electron chi connectivity index (χ3n) is 2.34. The number of rotatable bonds is 5. The van der Waals surface area contributed by atoms with Crippen molar-refractivity contribution >= 4 is 17.6 Å². The Labute approximate surface area is 101 Å². The van der Waals surface area contributed by atoms with E-state index in [4.69, 9.17) is 5.11 Å². The summed E-state index contributed by atoms with van der Waals surface area (Å²) < 4.78 is 0. The standard InChI is InChI=1S/C13H17NO3/c1-9(2)6-7-12(15)14-11-5-3-4-10(8-11)13(16)17/h3-5,8-9H,6-7H2,1-2H3,(H,14,15)(H,16,17). The maximum Gasteiger partial charge on any atom is 0.335 e. The molecular formula is C13H17NO3. The molecule has 1 aromatic rings. The normalized spacial score (nSPS) is 10.3. The fourth-order valence-corrected chi connectivity index (χ4v) is 1.37. The first-order valence-corrected chi connectivity index (χ1v) is 5.62. The summed E-state index contributed by atoms with van der Waals surface area (Å²) >= 11 is 0. The second kappa shape index (κ2) is 6.03. The molecule has 0 bridgehead atoms. The third kappa shape index (κ3) is 4.68. The number of carbonyl (C=O) groups is 2. The van der Waals surface area contributed by atoms with Crippen molar-refractivity contribution in [1.82, 2.24) is 0 Å². The second-order valence-electron chi connectivity index (χ2n) is 4.37. The molecule has 0 unspecified atom stereocenters. The predicted octanol–water partition coefficient (Wildman–Crippen LogP) is 2.76. The van der Waals surface area contributed by atoms with Gasteiger partial charge in [0.2, 0.25) is 5.91 Å². The highest BCUT2D eigenvalue weighted by Crippen LogP contribution is 2.12. The quantitative estimate of drug-likeness (QED) is 0.824. The summed E-state index contributed by atoms with van der Waals surface area (Å²) in [6.45, 7) is 4.11. The lowest BCUT2D eigenvalue weighted by Crippen LogP contribution is -2.12. The van der Waals surface area contributed by atoms with Crippen LogP contribution in [0.5, 0.6) is 0 Å². The van der Waals surface area contributed by atoms with Crippen LogP contribution in [-0.4, -0.2) is 17.0 Å². The molecule has 0 radical (unpaired) electrons. The topological polar surface area (TPSA) is 66.4 Å². The molecular weight excluding hydrogens is 218 g/mol. The van der Waals surface area contributed by atoms with Crippen LogP contribution in [-0.2, 0) is 4.79 Å². The maximum absolute atomic E-state index is 11.5. The number of anilines is 1. The van der Waals surface area contributed by atoms with Gasteiger partial charge in [0.25, 0.3) is 0 Å². The number of carboxylic acids is 1. The van der Waals surface area contributed by atoms with Gasteiger partial charge in [0, 0.05) is 12.1 Å². The van der Waals surface area contributed by atoms with E-state index in [1.165, 1.54) is 12.1 Å². The molecule has 0 aliphatic rings. The molecule has 0 spiro atoms. The SMILES string of the molecule is CC(C)CCC(=O)Nc1cccc(C(=O)O)c1. The molecule has 4 heteroatoms. The fraction of sp³-hybridized carbons (Fsp3) is 0.385. The summed E-state index contributed by atoms with van der Waals surface area (Å²) in [6.07, 6.45) is 1.28. The highest BCUT2D eigenvalue weighted by Gasteiger charge is 2.06. The van der Waals surface area contributed by atoms with Crippen molar-refractivity contribution in [3.8, 4) is 0 Å². The highest BCUT2D eigenvalue weighted by molar-refractivity contribution is 5.93. The minimum atomic E-state index is -0.997. The van der Waals surface area contributed by atoms with Crippen LogP contribution in [0.4, 0.5) is 5.69 Å². The number of carbonyl (C=O) groups excluding carboxylic acids is 1. The molecule has 0 aliphatic carbocycles. The summed E-state index contributed by atoms with van der Waals surface area (Å²) in [5.74, 6) is -0.601. The van der Waals surface area contributed by atoms with Gasteiger partial charge in [-0.25, -0.2) is 4.79 Å². The Morgan fingerprint density at radius 1 is 1.35 bits per heavy atom. The number of hydrogen-bond acceptors (Lipinski definition) is 2. The zero-order valence-corrected chi connectivity index (χ0v) is 10.1. The first kappa shape index (κ1) is 13.2. The third-order valence-corrected chi connectivity index (χ3v) is 2.34. The lowest BCUT2D eigenvalue weighted by Gasteiger charge is -2.07. The van der Waals surface area contributed by atoms with E-state index in [0.717, 1.165) is 6.42 Å². The van der Waals surface area contributed by atoms with Crippen molar-refractivity contribution in [2.24, 2.45) is 5.92 Å². The van der Waals surface area contributed by atoms with Crippen LogP contribution in [0.25, 0.3) is 0 Å². The second-order valence-corrected chi connectivity index (χ2v) is 4.37. The smallest absolute Gasteiger partial charge is 0.335 e. The monoisotopic (exact) mass is 235 g/mol. The molecule has 2 N–H and O–H groups in total. The van der Waals surface area contributed by atoms with Gasteiger partial charge in [-0.15, -0.1) is 0 Å². The fourth-order valence-electron chi connectivity index (χ4n) is 1.37. The number of amides is 1. The van der Waals surface area contributed by atoms with E-state index in [2.05, 4.69) is 19.2 Å². The molecule has 0 saturated carbocycles. The van der Waals surface area contributed by atoms with Gasteiger partial charge < -0.3 is 10.4 Å². The molecule has 0 aromatic heterocycles. The number of benzene rings is 1. The Morgan fingerprint density at radius 2 is 2.06 bits per heavy atom. The van der Waals surface area contributed by atoms with Crippen molar-refractivity contribution in [3.05, 3.63) is 29.8 Å². The van der Waals surface area contributed by atoms with Gasteiger partial charge in [-0.1, -0.05) is 19.9 Å². The van der Waals surface area contributed by atoms with E-state index in [-0.39, 0.29) is 11.5 Å². The van der Waals surface area contributed by atoms with Crippen molar-refractivity contribution < 1.29 is 14.7 Å². The van der Waals surface area contributed by atoms with Crippen molar-refractivity contribution in [2.45, 2.75) is 26.7 Å². The van der Waals surface area contributed by atoms with Crippen molar-refractivity contribution in [2.75, 3.05) is 5.32 Å². The summed E-state index contributed by atoms with van der Waals surface area (Å²) in [5, 5.41) is 11.5. The summed E-state index contributed by atoms with van der Waals surface area (Å²) in [6, 6.07) is 6.24. The molecule has 92 valence electrons. The summed E-state index contributed by atoms with van der Waals surface area (Å²) in [5.41, 5.74) is 0.699. The zero-order chi connectivity index (χ0) is 12.8. The molecule has 1 amide bonds. The molecule has 4 nitrogen and oxygen atoms in total. The van der Waals surface area contributed by atoms with Gasteiger partial charge in [0.05, 0.1) is 5.56 Å². The van der Waals surface area contributed by atoms with Crippen LogP contribution in [0.1, 0.15) is 37.0 Å². The summed E-state index contributed by atoms with van der Waals surface area (Å²) in [4.78, 5) is 22.3. The van der Waals surface area contributed by atoms with E-state index >= 15 is 0 Å². The van der Waals surface area contributed by atoms with Crippen LogP contribution in [0.2, 0.25) is 0 Å². The Morgan fingerprint density at radius 3 is 2.65 bits per heavy atom. The molecule has 17 heavy (non-hydrogen) atoms. The van der Waals surface area contributed by atoms with Crippen molar-refractivity contribution in [1.29, 1.82) is 0 Å². The maximum atomic E-state index is 11.5. The van der Waals surface area contributed by atoms with E-state index in [1.54, 1.807) is 12.1 Å². The van der Waals surface area contributed by atoms with Gasteiger partial charge in [0.15, 0.2) is 0 Å². The number of aromatic carboxylic acids is 1. The van der Waals surface area contributed by atoms with Gasteiger partial charge in [-0.3, -0.25) is 4.79 Å². The van der Waals surface area contributed by atoms with Gasteiger partial charge in [-0.05, 0) is 30.5 Å². The van der Waals surface area contributed by atoms with Crippen molar-refractivity contribution in [3.63, 3.8) is 0 Å². The molecule has 0 fully saturated rings. The van der Waals surface area contributed by atoms with Crippen LogP contribution in [0.15, 0.2) is 24.3 Å². The predicted molar refractivity (Wildman–Crippen MR) is 66.1 cm³/mol. The minimum Gasteiger partial charge on any atom is -0.478 e. The Kier molecular flexibility index (Phi) is 4.69. The lowest BCUT2D eigenvalue weighted by atomic mass is 10.1. The largest absolute Gasteiger partial charge is 0.478 e. The molecule has 0 saturated heterocycles. The Bertz CT molecular complexity index is 413. The average Bonchev–Trinajstić information content (AvgIpc) is 2.26. The first-order valence-electron chi connectivity index (χ1n) is 5.62. The summed E-state index contributed by atoms with van der Waals surface area (Å²) in [7, 11) is 0. The molecule has 1 rings (SSSR count). The zero-order valence-electron chi connectivity index (χ0n) is 10.1. The highest BCUT2D eigenvalue weighted by atomic mass is 16.4. The van der Waals surface area contributed by atoms with Gasteiger partial charge in [0.1, 0.15) is 0 Å². The van der Waals surface area contributed by atoms with Crippen LogP contribution in [0.3, 0.4) is 0 Å².